The molecule has 3 aromatic carbocycles. The highest BCUT2D eigenvalue weighted by atomic mass is 19.1. The van der Waals surface area contributed by atoms with E-state index in [9.17, 15) is 9.65 Å². The second-order valence-corrected chi connectivity index (χ2v) is 7.94. The molecule has 1 aliphatic rings. The average molecular weight is 388 g/mol. The van der Waals surface area contributed by atoms with Gasteiger partial charge in [-0.3, -0.25) is 0 Å². The fraction of sp³-hybridized carbons (Fsp3) is 0.320. The topological polar surface area (TPSA) is 59.0 Å². The molecular weight excluding hydrogens is 363 g/mol. The Kier molecular flexibility index (Phi) is 5.89. The minimum atomic E-state index is -0.247. The summed E-state index contributed by atoms with van der Waals surface area (Å²) in [5.41, 5.74) is 8.65. The van der Waals surface area contributed by atoms with Gasteiger partial charge in [0, 0.05) is 18.4 Å². The van der Waals surface area contributed by atoms with Crippen LogP contribution in [0.5, 0.6) is 0 Å². The van der Waals surface area contributed by atoms with E-state index >= 15 is 0 Å². The van der Waals surface area contributed by atoms with Gasteiger partial charge >= 0.3 is 0 Å². The molecule has 3 nitrogen and oxygen atoms in total. The quantitative estimate of drug-likeness (QED) is 0.673. The predicted octanol–water partition coefficient (Wildman–Crippen LogP) is 4.95. The second-order valence-electron chi connectivity index (χ2n) is 7.94. The maximum absolute atomic E-state index is 13.1. The molecule has 1 heterocycles. The number of rotatable bonds is 5. The smallest absolute Gasteiger partial charge is 0.123 e. The first-order valence-electron chi connectivity index (χ1n) is 10.1. The molecule has 0 bridgehead atoms. The van der Waals surface area contributed by atoms with E-state index < -0.39 is 0 Å². The van der Waals surface area contributed by atoms with Crippen LogP contribution >= 0.6 is 0 Å². The van der Waals surface area contributed by atoms with Gasteiger partial charge in [0.25, 0.3) is 0 Å². The molecule has 29 heavy (non-hydrogen) atoms. The van der Waals surface area contributed by atoms with E-state index in [4.69, 9.17) is 10.5 Å². The number of ether oxygens (including phenoxy) is 1. The monoisotopic (exact) mass is 388 g/mol. The largest absolute Gasteiger partial charge is 0.376 e. The van der Waals surface area contributed by atoms with Gasteiger partial charge in [-0.15, -0.1) is 0 Å². The van der Waals surface area contributed by atoms with Gasteiger partial charge in [0.2, 0.25) is 0 Å². The molecule has 4 heteroatoms. The van der Waals surface area contributed by atoms with Crippen LogP contribution in [0.15, 0.2) is 66.7 Å². The highest BCUT2D eigenvalue weighted by Crippen LogP contribution is 2.37. The minimum Gasteiger partial charge on any atom is -0.376 e. The van der Waals surface area contributed by atoms with Crippen molar-refractivity contribution in [3.63, 3.8) is 0 Å². The first-order valence-corrected chi connectivity index (χ1v) is 10.1. The van der Waals surface area contributed by atoms with Crippen molar-refractivity contribution in [2.24, 2.45) is 11.7 Å². The van der Waals surface area contributed by atoms with Crippen molar-refractivity contribution < 1.29 is 9.13 Å². The lowest BCUT2D eigenvalue weighted by Gasteiger charge is -2.38. The SMILES string of the molecule is N#CC[C@H]1CC([C@H](N)Cc2ccc(F)cc2)OC[C@H]1c1ccc2ccccc2c1. The zero-order valence-electron chi connectivity index (χ0n) is 16.3. The van der Waals surface area contributed by atoms with E-state index in [1.165, 1.54) is 28.5 Å². The third-order valence-corrected chi connectivity index (χ3v) is 6.01. The molecule has 0 aromatic heterocycles. The summed E-state index contributed by atoms with van der Waals surface area (Å²) in [6.45, 7) is 0.562. The lowest BCUT2D eigenvalue weighted by molar-refractivity contribution is -0.0353. The molecular formula is C25H25FN2O. The molecule has 0 amide bonds. The van der Waals surface area contributed by atoms with Gasteiger partial charge in [0.05, 0.1) is 18.8 Å². The molecule has 4 rings (SSSR count). The van der Waals surface area contributed by atoms with E-state index in [2.05, 4.69) is 36.4 Å². The summed E-state index contributed by atoms with van der Waals surface area (Å²) in [4.78, 5) is 0. The van der Waals surface area contributed by atoms with Gasteiger partial charge in [-0.05, 0) is 52.8 Å². The van der Waals surface area contributed by atoms with E-state index in [0.717, 1.165) is 12.0 Å². The van der Waals surface area contributed by atoms with Gasteiger partial charge in [0.1, 0.15) is 5.82 Å². The van der Waals surface area contributed by atoms with Crippen LogP contribution < -0.4 is 5.73 Å². The van der Waals surface area contributed by atoms with E-state index in [0.29, 0.717) is 19.4 Å². The maximum atomic E-state index is 13.1. The molecule has 2 N–H and O–H groups in total. The number of hydrogen-bond donors (Lipinski definition) is 1. The van der Waals surface area contributed by atoms with Crippen LogP contribution in [0.1, 0.15) is 29.9 Å². The van der Waals surface area contributed by atoms with Gasteiger partial charge in [-0.25, -0.2) is 4.39 Å². The van der Waals surface area contributed by atoms with Crippen molar-refractivity contribution in [2.45, 2.75) is 37.3 Å². The first kappa shape index (κ1) is 19.6. The number of nitrogens with two attached hydrogens (primary N) is 1. The zero-order valence-corrected chi connectivity index (χ0v) is 16.3. The van der Waals surface area contributed by atoms with Crippen LogP contribution in [-0.2, 0) is 11.2 Å². The number of nitrogens with zero attached hydrogens (tertiary/aromatic N) is 1. The van der Waals surface area contributed by atoms with Gasteiger partial charge in [-0.1, -0.05) is 54.6 Å². The molecule has 0 saturated carbocycles. The second kappa shape index (κ2) is 8.73. The van der Waals surface area contributed by atoms with Crippen LogP contribution in [0.4, 0.5) is 4.39 Å². The summed E-state index contributed by atoms with van der Waals surface area (Å²) in [6, 6.07) is 23.4. The zero-order chi connectivity index (χ0) is 20.2. The Balaban J connectivity index is 1.49. The Morgan fingerprint density at radius 2 is 1.83 bits per heavy atom. The molecule has 1 saturated heterocycles. The number of halogens is 1. The van der Waals surface area contributed by atoms with Crippen molar-refractivity contribution >= 4 is 10.8 Å². The standard InChI is InChI=1S/C25H25FN2O/c26-22-9-5-17(6-10-22)13-24(28)25-15-21(11-12-27)23(16-29-25)20-8-7-18-3-1-2-4-19(18)14-20/h1-10,14,21,23-25H,11,13,15-16,28H2/t21-,23-,24+,25?/m0/s1. The average Bonchev–Trinajstić information content (AvgIpc) is 2.75. The molecule has 0 aliphatic carbocycles. The molecule has 3 aromatic rings. The van der Waals surface area contributed by atoms with Crippen LogP contribution in [0, 0.1) is 23.1 Å². The van der Waals surface area contributed by atoms with Crippen molar-refractivity contribution in [3.8, 4) is 6.07 Å². The van der Waals surface area contributed by atoms with Crippen LogP contribution in [0.25, 0.3) is 10.8 Å². The molecule has 1 unspecified atom stereocenters. The number of fused-ring (bicyclic) bond motifs is 1. The fourth-order valence-corrected chi connectivity index (χ4v) is 4.37. The summed E-state index contributed by atoms with van der Waals surface area (Å²) in [6.07, 6.45) is 1.77. The first-order chi connectivity index (χ1) is 14.1. The highest BCUT2D eigenvalue weighted by Gasteiger charge is 2.34. The van der Waals surface area contributed by atoms with Crippen LogP contribution in [0.2, 0.25) is 0 Å². The van der Waals surface area contributed by atoms with Crippen molar-refractivity contribution in [3.05, 3.63) is 83.7 Å². The predicted molar refractivity (Wildman–Crippen MR) is 113 cm³/mol. The Morgan fingerprint density at radius 3 is 2.59 bits per heavy atom. The summed E-state index contributed by atoms with van der Waals surface area (Å²) in [5.74, 6) is 0.149. The summed E-state index contributed by atoms with van der Waals surface area (Å²) < 4.78 is 19.3. The van der Waals surface area contributed by atoms with Crippen LogP contribution in [-0.4, -0.2) is 18.8 Å². The Morgan fingerprint density at radius 1 is 1.07 bits per heavy atom. The number of nitriles is 1. The maximum Gasteiger partial charge on any atom is 0.123 e. The van der Waals surface area contributed by atoms with E-state index in [1.54, 1.807) is 12.1 Å². The summed E-state index contributed by atoms with van der Waals surface area (Å²) >= 11 is 0. The van der Waals surface area contributed by atoms with Gasteiger partial charge in [-0.2, -0.15) is 5.26 Å². The summed E-state index contributed by atoms with van der Waals surface area (Å²) in [5, 5.41) is 11.8. The van der Waals surface area contributed by atoms with Gasteiger partial charge in [0.15, 0.2) is 0 Å². The minimum absolute atomic E-state index is 0.102. The third-order valence-electron chi connectivity index (χ3n) is 6.01. The van der Waals surface area contributed by atoms with Gasteiger partial charge < -0.3 is 10.5 Å². The lowest BCUT2D eigenvalue weighted by Crippen LogP contribution is -2.44. The molecule has 0 spiro atoms. The number of benzene rings is 3. The normalized spacial score (nSPS) is 22.9. The van der Waals surface area contributed by atoms with E-state index in [1.807, 2.05) is 12.1 Å². The van der Waals surface area contributed by atoms with Crippen LogP contribution in [0.3, 0.4) is 0 Å². The molecule has 1 fully saturated rings. The lowest BCUT2D eigenvalue weighted by atomic mass is 9.77. The highest BCUT2D eigenvalue weighted by molar-refractivity contribution is 5.83. The van der Waals surface area contributed by atoms with E-state index in [-0.39, 0.29) is 29.8 Å². The van der Waals surface area contributed by atoms with Crippen molar-refractivity contribution in [2.75, 3.05) is 6.61 Å². The Labute approximate surface area is 170 Å². The third kappa shape index (κ3) is 4.48. The van der Waals surface area contributed by atoms with Crippen molar-refractivity contribution in [1.82, 2.24) is 0 Å². The Hall–Kier alpha value is -2.74. The fourth-order valence-electron chi connectivity index (χ4n) is 4.37. The molecule has 0 radical (unpaired) electrons. The molecule has 1 aliphatic heterocycles. The summed E-state index contributed by atoms with van der Waals surface area (Å²) in [7, 11) is 0. The number of hydrogen-bond acceptors (Lipinski definition) is 3. The van der Waals surface area contributed by atoms with Crippen molar-refractivity contribution in [1.29, 1.82) is 5.26 Å². The molecule has 148 valence electrons. The molecule has 4 atom stereocenters. The Bertz CT molecular complexity index is 1010.